The van der Waals surface area contributed by atoms with E-state index in [1.165, 1.54) is 24.8 Å². The zero-order valence-corrected chi connectivity index (χ0v) is 17.5. The van der Waals surface area contributed by atoms with Gasteiger partial charge in [-0.1, -0.05) is 6.07 Å². The molecule has 0 fully saturated rings. The predicted octanol–water partition coefficient (Wildman–Crippen LogP) is 4.16. The first-order valence-electron chi connectivity index (χ1n) is 9.41. The number of ether oxygens (including phenoxy) is 2. The number of thiazole rings is 1. The largest absolute Gasteiger partial charge is 0.493 e. The number of allylic oxidation sites excluding steroid dienone is 2. The van der Waals surface area contributed by atoms with Gasteiger partial charge in [-0.25, -0.2) is 20.0 Å². The second-order valence-electron chi connectivity index (χ2n) is 6.71. The lowest BCUT2D eigenvalue weighted by atomic mass is 10.1. The summed E-state index contributed by atoms with van der Waals surface area (Å²) in [6.45, 7) is 0.558. The Labute approximate surface area is 184 Å². The van der Waals surface area contributed by atoms with Crippen LogP contribution in [0.2, 0.25) is 0 Å². The predicted molar refractivity (Wildman–Crippen MR) is 112 cm³/mol. The van der Waals surface area contributed by atoms with E-state index in [0.717, 1.165) is 28.7 Å². The molecule has 4 rings (SSSR count). The molecule has 0 spiro atoms. The molecule has 32 heavy (non-hydrogen) atoms. The molecule has 0 amide bonds. The van der Waals surface area contributed by atoms with Gasteiger partial charge in [0.25, 0.3) is 0 Å². The van der Waals surface area contributed by atoms with Crippen LogP contribution in [0, 0.1) is 0 Å². The highest BCUT2D eigenvalue weighted by Crippen LogP contribution is 2.33. The first-order chi connectivity index (χ1) is 15.3. The Morgan fingerprint density at radius 1 is 1.22 bits per heavy atom. The van der Waals surface area contributed by atoms with Gasteiger partial charge in [0.2, 0.25) is 6.23 Å². The smallest absolute Gasteiger partial charge is 0.416 e. The summed E-state index contributed by atoms with van der Waals surface area (Å²) in [4.78, 5) is 13.4. The van der Waals surface area contributed by atoms with E-state index in [1.807, 2.05) is 0 Å². The van der Waals surface area contributed by atoms with Crippen LogP contribution < -0.4 is 14.8 Å². The van der Waals surface area contributed by atoms with Crippen molar-refractivity contribution in [2.45, 2.75) is 18.8 Å². The quantitative estimate of drug-likeness (QED) is 0.538. The Bertz CT molecular complexity index is 1160. The number of halogens is 3. The van der Waals surface area contributed by atoms with Gasteiger partial charge in [-0.3, -0.25) is 5.21 Å². The maximum Gasteiger partial charge on any atom is 0.416 e. The molecular weight excluding hydrogens is 447 g/mol. The summed E-state index contributed by atoms with van der Waals surface area (Å²) in [6, 6.07) is 5.08. The minimum absolute atomic E-state index is 0.196. The fourth-order valence-electron chi connectivity index (χ4n) is 3.05. The van der Waals surface area contributed by atoms with Crippen molar-refractivity contribution in [2.75, 3.05) is 19.0 Å². The summed E-state index contributed by atoms with van der Waals surface area (Å²) < 4.78 is 49.8. The van der Waals surface area contributed by atoms with Crippen LogP contribution in [-0.2, 0) is 6.42 Å². The van der Waals surface area contributed by atoms with Gasteiger partial charge in [-0.05, 0) is 36.3 Å². The van der Waals surface area contributed by atoms with E-state index in [9.17, 15) is 18.4 Å². The van der Waals surface area contributed by atoms with Crippen LogP contribution >= 0.6 is 11.3 Å². The maximum absolute atomic E-state index is 13.0. The lowest BCUT2D eigenvalue weighted by molar-refractivity contribution is -0.134. The number of aromatic nitrogens is 3. The third-order valence-corrected chi connectivity index (χ3v) is 5.37. The first-order valence-corrected chi connectivity index (χ1v) is 10.3. The van der Waals surface area contributed by atoms with Crippen LogP contribution in [0.25, 0.3) is 10.3 Å². The first kappa shape index (κ1) is 21.8. The minimum atomic E-state index is -4.55. The molecule has 8 nitrogen and oxygen atoms in total. The Balaban J connectivity index is 1.43. The number of hydrogen-bond donors (Lipinski definition) is 2. The van der Waals surface area contributed by atoms with E-state index in [4.69, 9.17) is 9.47 Å². The molecule has 0 aliphatic carbocycles. The fourth-order valence-corrected chi connectivity index (χ4v) is 3.67. The lowest BCUT2D eigenvalue weighted by Crippen LogP contribution is -2.35. The van der Waals surface area contributed by atoms with Gasteiger partial charge < -0.3 is 14.8 Å². The van der Waals surface area contributed by atoms with Crippen LogP contribution in [0.15, 0.2) is 54.0 Å². The molecule has 3 heterocycles. The molecule has 12 heteroatoms. The molecule has 1 aliphatic heterocycles. The van der Waals surface area contributed by atoms with Crippen molar-refractivity contribution in [3.63, 3.8) is 0 Å². The zero-order chi connectivity index (χ0) is 22.7. The molecule has 1 aromatic carbocycles. The Morgan fingerprint density at radius 2 is 2.06 bits per heavy atom. The van der Waals surface area contributed by atoms with Crippen LogP contribution in [0.4, 0.5) is 19.0 Å². The second kappa shape index (κ2) is 9.01. The number of nitrogens with one attached hydrogen (secondary N) is 1. The number of alkyl halides is 3. The average molecular weight is 465 g/mol. The van der Waals surface area contributed by atoms with Crippen molar-refractivity contribution in [1.29, 1.82) is 0 Å². The molecule has 2 aromatic heterocycles. The molecule has 1 unspecified atom stereocenters. The van der Waals surface area contributed by atoms with Crippen LogP contribution in [0.3, 0.4) is 0 Å². The standard InChI is InChI=1S/C20H18F3N5O3S/c1-30-15-8-12(4-6-24-18-17-19(26-10-25-18)32-11-27-17)2-3-14(15)31-16-9-13(20(21,22)23)5-7-28(16)29/h2-3,5,7-11,16,29H,4,6H2,1H3,(H,24,25,26). The summed E-state index contributed by atoms with van der Waals surface area (Å²) >= 11 is 1.43. The summed E-state index contributed by atoms with van der Waals surface area (Å²) in [7, 11) is 1.43. The molecule has 2 N–H and O–H groups in total. The molecule has 0 saturated heterocycles. The zero-order valence-electron chi connectivity index (χ0n) is 16.7. The number of hydroxylamine groups is 2. The average Bonchev–Trinajstić information content (AvgIpc) is 3.25. The molecule has 0 radical (unpaired) electrons. The van der Waals surface area contributed by atoms with Crippen molar-refractivity contribution in [1.82, 2.24) is 20.0 Å². The normalized spacial score (nSPS) is 16.2. The second-order valence-corrected chi connectivity index (χ2v) is 7.55. The van der Waals surface area contributed by atoms with Crippen molar-refractivity contribution in [2.24, 2.45) is 0 Å². The minimum Gasteiger partial charge on any atom is -0.493 e. The van der Waals surface area contributed by atoms with Crippen molar-refractivity contribution in [3.05, 3.63) is 59.5 Å². The fraction of sp³-hybridized carbons (Fsp3) is 0.250. The monoisotopic (exact) mass is 465 g/mol. The number of hydrogen-bond acceptors (Lipinski definition) is 9. The summed E-state index contributed by atoms with van der Waals surface area (Å²) in [5.41, 5.74) is 2.41. The van der Waals surface area contributed by atoms with Gasteiger partial charge in [0.1, 0.15) is 16.7 Å². The van der Waals surface area contributed by atoms with E-state index in [2.05, 4.69) is 20.3 Å². The summed E-state index contributed by atoms with van der Waals surface area (Å²) in [5.74, 6) is 1.17. The van der Waals surface area contributed by atoms with Crippen molar-refractivity contribution >= 4 is 27.5 Å². The molecule has 168 valence electrons. The van der Waals surface area contributed by atoms with E-state index in [1.54, 1.807) is 23.7 Å². The number of nitrogens with zero attached hydrogens (tertiary/aromatic N) is 4. The number of fused-ring (bicyclic) bond motifs is 1. The van der Waals surface area contributed by atoms with Crippen LogP contribution in [-0.4, -0.2) is 51.3 Å². The number of anilines is 1. The third-order valence-electron chi connectivity index (χ3n) is 4.63. The Kier molecular flexibility index (Phi) is 6.15. The highest BCUT2D eigenvalue weighted by atomic mass is 32.1. The van der Waals surface area contributed by atoms with Gasteiger partial charge in [-0.2, -0.15) is 13.2 Å². The highest BCUT2D eigenvalue weighted by Gasteiger charge is 2.35. The Hall–Kier alpha value is -3.38. The Morgan fingerprint density at radius 3 is 2.84 bits per heavy atom. The van der Waals surface area contributed by atoms with E-state index < -0.39 is 18.0 Å². The van der Waals surface area contributed by atoms with Gasteiger partial charge in [0, 0.05) is 12.7 Å². The number of benzene rings is 1. The summed E-state index contributed by atoms with van der Waals surface area (Å²) in [6.07, 6.45) is -1.36. The number of methoxy groups -OCH3 is 1. The van der Waals surface area contributed by atoms with E-state index >= 15 is 0 Å². The molecule has 1 aliphatic rings. The van der Waals surface area contributed by atoms with Gasteiger partial charge in [0.05, 0.1) is 18.2 Å². The molecule has 0 saturated carbocycles. The van der Waals surface area contributed by atoms with Gasteiger partial charge in [0.15, 0.2) is 17.3 Å². The molecular formula is C20H18F3N5O3S. The van der Waals surface area contributed by atoms with Gasteiger partial charge >= 0.3 is 6.18 Å². The van der Waals surface area contributed by atoms with Crippen LogP contribution in [0.5, 0.6) is 11.5 Å². The van der Waals surface area contributed by atoms with Crippen molar-refractivity contribution in [3.8, 4) is 11.5 Å². The molecule has 1 atom stereocenters. The molecule has 0 bridgehead atoms. The maximum atomic E-state index is 13.0. The van der Waals surface area contributed by atoms with Crippen LogP contribution in [0.1, 0.15) is 5.56 Å². The topological polar surface area (TPSA) is 92.6 Å². The SMILES string of the molecule is COc1cc(CCNc2ncnc3scnc23)ccc1OC1C=C(C(F)(F)F)C=CN1O. The van der Waals surface area contributed by atoms with Gasteiger partial charge in [-0.15, -0.1) is 11.3 Å². The van der Waals surface area contributed by atoms with Crippen molar-refractivity contribution < 1.29 is 27.9 Å². The summed E-state index contributed by atoms with van der Waals surface area (Å²) in [5, 5.41) is 13.6. The van der Waals surface area contributed by atoms with E-state index in [0.29, 0.717) is 35.1 Å². The third kappa shape index (κ3) is 4.75. The van der Waals surface area contributed by atoms with E-state index in [-0.39, 0.29) is 5.75 Å². The highest BCUT2D eigenvalue weighted by molar-refractivity contribution is 7.16. The molecule has 3 aromatic rings. The lowest BCUT2D eigenvalue weighted by Gasteiger charge is -2.27. The number of rotatable bonds is 7.